The quantitative estimate of drug-likeness (QED) is 0.860. The number of aryl methyl sites for hydroxylation is 1. The van der Waals surface area contributed by atoms with E-state index in [0.29, 0.717) is 12.4 Å². The van der Waals surface area contributed by atoms with Crippen LogP contribution >= 0.6 is 0 Å². The molecule has 0 aliphatic carbocycles. The highest BCUT2D eigenvalue weighted by Gasteiger charge is 2.05. The number of carboxylic acids is 1. The molecule has 0 atom stereocenters. The summed E-state index contributed by atoms with van der Waals surface area (Å²) in [5, 5.41) is 8.74. The number of aromatic carboxylic acids is 1. The Bertz CT molecular complexity index is 549. The highest BCUT2D eigenvalue weighted by atomic mass is 16.5. The molecule has 6 nitrogen and oxygen atoms in total. The highest BCUT2D eigenvalue weighted by molar-refractivity contribution is 5.85. The Kier molecular flexibility index (Phi) is 4.12. The predicted octanol–water partition coefficient (Wildman–Crippen LogP) is 1.97. The molecular weight excluding hydrogens is 246 g/mol. The van der Waals surface area contributed by atoms with E-state index in [1.807, 2.05) is 4.57 Å². The molecule has 0 amide bonds. The summed E-state index contributed by atoms with van der Waals surface area (Å²) in [5.74, 6) is -0.512. The van der Waals surface area contributed by atoms with Crippen molar-refractivity contribution in [2.45, 2.75) is 26.5 Å². The van der Waals surface area contributed by atoms with Gasteiger partial charge in [-0.15, -0.1) is 0 Å². The topological polar surface area (TPSA) is 77.2 Å². The van der Waals surface area contributed by atoms with Crippen LogP contribution < -0.4 is 4.74 Å². The van der Waals surface area contributed by atoms with Gasteiger partial charge in [0.15, 0.2) is 0 Å². The van der Waals surface area contributed by atoms with Gasteiger partial charge in [-0.25, -0.2) is 14.8 Å². The number of hydrogen-bond donors (Lipinski definition) is 1. The fourth-order valence-electron chi connectivity index (χ4n) is 1.66. The van der Waals surface area contributed by atoms with Crippen LogP contribution in [0.15, 0.2) is 30.9 Å². The van der Waals surface area contributed by atoms with Crippen LogP contribution in [0.3, 0.4) is 0 Å². The third kappa shape index (κ3) is 3.31. The van der Waals surface area contributed by atoms with Crippen molar-refractivity contribution >= 4 is 5.97 Å². The van der Waals surface area contributed by atoms with Crippen LogP contribution in [0.2, 0.25) is 0 Å². The fourth-order valence-corrected chi connectivity index (χ4v) is 1.66. The molecule has 0 aliphatic rings. The van der Waals surface area contributed by atoms with Gasteiger partial charge in [-0.05, 0) is 18.6 Å². The number of hydrogen-bond acceptors (Lipinski definition) is 4. The lowest BCUT2D eigenvalue weighted by Crippen LogP contribution is -2.05. The molecule has 0 saturated carbocycles. The molecule has 2 aromatic heterocycles. The molecule has 1 N–H and O–H groups in total. The van der Waals surface area contributed by atoms with Gasteiger partial charge in [0.1, 0.15) is 18.1 Å². The third-order valence-electron chi connectivity index (χ3n) is 2.61. The van der Waals surface area contributed by atoms with E-state index in [0.717, 1.165) is 18.7 Å². The molecule has 0 bridgehead atoms. The van der Waals surface area contributed by atoms with Gasteiger partial charge in [0.2, 0.25) is 0 Å². The minimum atomic E-state index is -1.05. The maximum Gasteiger partial charge on any atom is 0.354 e. The number of carbonyl (C=O) groups is 1. The number of aromatic nitrogens is 3. The zero-order chi connectivity index (χ0) is 13.7. The summed E-state index contributed by atoms with van der Waals surface area (Å²) < 4.78 is 7.58. The second-order valence-electron chi connectivity index (χ2n) is 4.05. The van der Waals surface area contributed by atoms with E-state index in [2.05, 4.69) is 16.9 Å². The molecule has 0 aliphatic heterocycles. The molecule has 6 heteroatoms. The van der Waals surface area contributed by atoms with E-state index in [1.165, 1.54) is 12.3 Å². The SMILES string of the molecule is CCCn1cncc1COc1ccc(C(=O)O)nc1. The Hall–Kier alpha value is -2.37. The Morgan fingerprint density at radius 3 is 2.89 bits per heavy atom. The van der Waals surface area contributed by atoms with Crippen molar-refractivity contribution in [1.82, 2.24) is 14.5 Å². The van der Waals surface area contributed by atoms with Gasteiger partial charge in [0.05, 0.1) is 24.4 Å². The summed E-state index contributed by atoms with van der Waals surface area (Å²) in [6.45, 7) is 3.38. The second-order valence-corrected chi connectivity index (χ2v) is 4.05. The van der Waals surface area contributed by atoms with Crippen molar-refractivity contribution < 1.29 is 14.6 Å². The van der Waals surface area contributed by atoms with Crippen molar-refractivity contribution in [2.75, 3.05) is 0 Å². The van der Waals surface area contributed by atoms with Crippen LogP contribution in [0.1, 0.15) is 29.5 Å². The summed E-state index contributed by atoms with van der Waals surface area (Å²) >= 11 is 0. The smallest absolute Gasteiger partial charge is 0.354 e. The van der Waals surface area contributed by atoms with Crippen LogP contribution in [0.25, 0.3) is 0 Å². The third-order valence-corrected chi connectivity index (χ3v) is 2.61. The second kappa shape index (κ2) is 5.99. The number of ether oxygens (including phenoxy) is 1. The van der Waals surface area contributed by atoms with Crippen molar-refractivity contribution in [2.24, 2.45) is 0 Å². The zero-order valence-corrected chi connectivity index (χ0v) is 10.6. The van der Waals surface area contributed by atoms with E-state index in [9.17, 15) is 4.79 Å². The number of pyridine rings is 1. The van der Waals surface area contributed by atoms with Crippen LogP contribution in [-0.4, -0.2) is 25.6 Å². The lowest BCUT2D eigenvalue weighted by Gasteiger charge is -2.08. The van der Waals surface area contributed by atoms with E-state index in [4.69, 9.17) is 9.84 Å². The van der Waals surface area contributed by atoms with Gasteiger partial charge in [0.25, 0.3) is 0 Å². The molecule has 0 fully saturated rings. The van der Waals surface area contributed by atoms with Crippen molar-refractivity contribution in [1.29, 1.82) is 0 Å². The summed E-state index contributed by atoms with van der Waals surface area (Å²) in [6.07, 6.45) is 5.96. The summed E-state index contributed by atoms with van der Waals surface area (Å²) in [4.78, 5) is 18.5. The maximum atomic E-state index is 10.7. The van der Waals surface area contributed by atoms with Gasteiger partial charge < -0.3 is 14.4 Å². The first-order valence-corrected chi connectivity index (χ1v) is 6.02. The number of carboxylic acid groups (broad SMARTS) is 1. The Balaban J connectivity index is 1.98. The van der Waals surface area contributed by atoms with E-state index in [1.54, 1.807) is 18.6 Å². The predicted molar refractivity (Wildman–Crippen MR) is 68.0 cm³/mol. The Morgan fingerprint density at radius 2 is 2.26 bits per heavy atom. The average Bonchev–Trinajstić information content (AvgIpc) is 2.85. The average molecular weight is 261 g/mol. The molecule has 0 radical (unpaired) electrons. The lowest BCUT2D eigenvalue weighted by atomic mass is 10.3. The molecule has 19 heavy (non-hydrogen) atoms. The van der Waals surface area contributed by atoms with Crippen molar-refractivity contribution in [3.8, 4) is 5.75 Å². The van der Waals surface area contributed by atoms with Gasteiger partial charge in [-0.2, -0.15) is 0 Å². The maximum absolute atomic E-state index is 10.7. The first-order chi connectivity index (χ1) is 9.20. The highest BCUT2D eigenvalue weighted by Crippen LogP contribution is 2.12. The summed E-state index contributed by atoms with van der Waals surface area (Å²) in [7, 11) is 0. The molecule has 0 spiro atoms. The van der Waals surface area contributed by atoms with Crippen LogP contribution in [0.5, 0.6) is 5.75 Å². The minimum absolute atomic E-state index is 0.00312. The summed E-state index contributed by atoms with van der Waals surface area (Å²) in [6, 6.07) is 3.01. The monoisotopic (exact) mass is 261 g/mol. The molecule has 0 aromatic carbocycles. The minimum Gasteiger partial charge on any atom is -0.486 e. The van der Waals surface area contributed by atoms with Crippen LogP contribution in [0.4, 0.5) is 0 Å². The molecule has 0 unspecified atom stereocenters. The number of imidazole rings is 1. The van der Waals surface area contributed by atoms with E-state index >= 15 is 0 Å². The standard InChI is InChI=1S/C13H15N3O3/c1-2-5-16-9-14-6-10(16)8-19-11-3-4-12(13(17)18)15-7-11/h3-4,6-7,9H,2,5,8H2,1H3,(H,17,18). The number of nitrogens with zero attached hydrogens (tertiary/aromatic N) is 3. The van der Waals surface area contributed by atoms with Crippen LogP contribution in [-0.2, 0) is 13.2 Å². The van der Waals surface area contributed by atoms with Gasteiger partial charge >= 0.3 is 5.97 Å². The largest absolute Gasteiger partial charge is 0.486 e. The molecule has 2 aromatic rings. The van der Waals surface area contributed by atoms with E-state index < -0.39 is 5.97 Å². The molecule has 100 valence electrons. The molecular formula is C13H15N3O3. The zero-order valence-electron chi connectivity index (χ0n) is 10.6. The molecule has 2 heterocycles. The molecule has 2 rings (SSSR count). The fraction of sp³-hybridized carbons (Fsp3) is 0.308. The van der Waals surface area contributed by atoms with Crippen LogP contribution in [0, 0.1) is 0 Å². The molecule has 0 saturated heterocycles. The Labute approximate surface area is 110 Å². The van der Waals surface area contributed by atoms with Gasteiger partial charge in [-0.3, -0.25) is 0 Å². The summed E-state index contributed by atoms with van der Waals surface area (Å²) in [5.41, 5.74) is 0.979. The first kappa shape index (κ1) is 13.1. The lowest BCUT2D eigenvalue weighted by molar-refractivity contribution is 0.0690. The van der Waals surface area contributed by atoms with Crippen molar-refractivity contribution in [3.05, 3.63) is 42.2 Å². The number of rotatable bonds is 6. The van der Waals surface area contributed by atoms with Gasteiger partial charge in [0, 0.05) is 6.54 Å². The normalized spacial score (nSPS) is 10.4. The van der Waals surface area contributed by atoms with Crippen molar-refractivity contribution in [3.63, 3.8) is 0 Å². The van der Waals surface area contributed by atoms with E-state index in [-0.39, 0.29) is 5.69 Å². The first-order valence-electron chi connectivity index (χ1n) is 6.02. The van der Waals surface area contributed by atoms with Gasteiger partial charge in [-0.1, -0.05) is 6.92 Å². The Morgan fingerprint density at radius 1 is 1.42 bits per heavy atom.